The van der Waals surface area contributed by atoms with E-state index in [1.165, 1.54) is 26.4 Å². The molecule has 0 aliphatic rings. The van der Waals surface area contributed by atoms with Crippen molar-refractivity contribution in [2.75, 3.05) is 13.7 Å². The summed E-state index contributed by atoms with van der Waals surface area (Å²) in [5, 5.41) is 0. The average Bonchev–Trinajstić information content (AvgIpc) is 2.17. The second-order valence-electron chi connectivity index (χ2n) is 3.43. The fourth-order valence-corrected chi connectivity index (χ4v) is 1.15. The van der Waals surface area contributed by atoms with Crippen molar-refractivity contribution >= 4 is 11.7 Å². The molecule has 0 aromatic heterocycles. The van der Waals surface area contributed by atoms with Gasteiger partial charge in [0.15, 0.2) is 0 Å². The molecule has 0 aromatic carbocycles. The number of carbonyl (C=O) groups excluding carboxylic acids is 1. The fourth-order valence-electron chi connectivity index (χ4n) is 1.15. The van der Waals surface area contributed by atoms with Gasteiger partial charge in [-0.15, -0.1) is 0 Å². The molecular formula is C11H21NO2. The predicted molar refractivity (Wildman–Crippen MR) is 58.8 cm³/mol. The first-order valence-electron chi connectivity index (χ1n) is 5.27. The van der Waals surface area contributed by atoms with Crippen LogP contribution < -0.4 is 0 Å². The molecular weight excluding hydrogens is 178 g/mol. The number of hydrogen-bond donors (Lipinski definition) is 0. The van der Waals surface area contributed by atoms with Crippen molar-refractivity contribution in [3.63, 3.8) is 0 Å². The van der Waals surface area contributed by atoms with Crippen molar-refractivity contribution in [1.29, 1.82) is 0 Å². The lowest BCUT2D eigenvalue weighted by Gasteiger charge is -1.99. The van der Waals surface area contributed by atoms with Gasteiger partial charge in [0.2, 0.25) is 0 Å². The van der Waals surface area contributed by atoms with E-state index >= 15 is 0 Å². The van der Waals surface area contributed by atoms with Crippen LogP contribution in [0.4, 0.5) is 0 Å². The van der Waals surface area contributed by atoms with Gasteiger partial charge in [-0.25, -0.2) is 0 Å². The summed E-state index contributed by atoms with van der Waals surface area (Å²) in [6.07, 6.45) is 5.18. The molecule has 0 unspecified atom stereocenters. The highest BCUT2D eigenvalue weighted by Gasteiger charge is 2.01. The van der Waals surface area contributed by atoms with E-state index < -0.39 is 0 Å². The highest BCUT2D eigenvalue weighted by Crippen LogP contribution is 1.99. The second-order valence-corrected chi connectivity index (χ2v) is 3.43. The van der Waals surface area contributed by atoms with Gasteiger partial charge in [0.05, 0.1) is 13.5 Å². The van der Waals surface area contributed by atoms with Crippen LogP contribution in [0.15, 0.2) is 4.99 Å². The normalized spacial score (nSPS) is 11.5. The minimum atomic E-state index is -0.209. The molecule has 3 nitrogen and oxygen atoms in total. The number of ether oxygens (including phenoxy) is 1. The Bertz CT molecular complexity index is 188. The summed E-state index contributed by atoms with van der Waals surface area (Å²) < 4.78 is 4.55. The third kappa shape index (κ3) is 7.77. The van der Waals surface area contributed by atoms with E-state index in [0.29, 0.717) is 6.42 Å². The lowest BCUT2D eigenvalue weighted by atomic mass is 10.2. The molecule has 0 spiro atoms. The molecule has 0 heterocycles. The Balaban J connectivity index is 3.51. The van der Waals surface area contributed by atoms with E-state index in [0.717, 1.165) is 18.7 Å². The molecule has 0 saturated heterocycles. The van der Waals surface area contributed by atoms with Crippen molar-refractivity contribution in [3.05, 3.63) is 0 Å². The molecule has 0 aromatic rings. The summed E-state index contributed by atoms with van der Waals surface area (Å²) in [5.74, 6) is -0.209. The maximum Gasteiger partial charge on any atom is 0.311 e. The molecule has 0 atom stereocenters. The molecule has 0 aliphatic heterocycles. The van der Waals surface area contributed by atoms with Crippen molar-refractivity contribution in [2.24, 2.45) is 4.99 Å². The Kier molecular flexibility index (Phi) is 8.19. The third-order valence-electron chi connectivity index (χ3n) is 2.02. The van der Waals surface area contributed by atoms with Gasteiger partial charge >= 0.3 is 5.97 Å². The molecule has 0 N–H and O–H groups in total. The van der Waals surface area contributed by atoms with Crippen LogP contribution in [0, 0.1) is 0 Å². The predicted octanol–water partition coefficient (Wildman–Crippen LogP) is 2.59. The van der Waals surface area contributed by atoms with Crippen molar-refractivity contribution < 1.29 is 9.53 Å². The van der Waals surface area contributed by atoms with Crippen LogP contribution >= 0.6 is 0 Å². The van der Waals surface area contributed by atoms with Crippen LogP contribution in [-0.2, 0) is 9.53 Å². The van der Waals surface area contributed by atoms with E-state index in [2.05, 4.69) is 16.7 Å². The zero-order valence-corrected chi connectivity index (χ0v) is 9.51. The molecule has 0 bridgehead atoms. The zero-order valence-electron chi connectivity index (χ0n) is 9.51. The van der Waals surface area contributed by atoms with E-state index in [4.69, 9.17) is 0 Å². The van der Waals surface area contributed by atoms with E-state index in [1.807, 2.05) is 6.92 Å². The number of nitrogens with zero attached hydrogens (tertiary/aromatic N) is 1. The quantitative estimate of drug-likeness (QED) is 0.359. The Morgan fingerprint density at radius 1 is 1.29 bits per heavy atom. The largest absolute Gasteiger partial charge is 0.469 e. The summed E-state index contributed by atoms with van der Waals surface area (Å²) in [7, 11) is 1.40. The molecule has 0 rings (SSSR count). The Hall–Kier alpha value is -0.860. The standard InChI is InChI=1S/C11H21NO2/c1-4-5-6-7-8-12-10(2)9-11(13)14-3/h4-9H2,1-3H3/b12-10-. The Morgan fingerprint density at radius 3 is 2.57 bits per heavy atom. The molecule has 0 radical (unpaired) electrons. The number of unbranched alkanes of at least 4 members (excludes halogenated alkanes) is 3. The summed E-state index contributed by atoms with van der Waals surface area (Å²) in [5.41, 5.74) is 0.869. The van der Waals surface area contributed by atoms with Crippen molar-refractivity contribution in [2.45, 2.75) is 46.0 Å². The zero-order chi connectivity index (χ0) is 10.8. The lowest BCUT2D eigenvalue weighted by molar-refractivity contribution is -0.139. The maximum absolute atomic E-state index is 10.9. The van der Waals surface area contributed by atoms with Gasteiger partial charge in [-0.05, 0) is 13.3 Å². The van der Waals surface area contributed by atoms with Gasteiger partial charge in [0.1, 0.15) is 0 Å². The lowest BCUT2D eigenvalue weighted by Crippen LogP contribution is -2.06. The van der Waals surface area contributed by atoms with Gasteiger partial charge in [0.25, 0.3) is 0 Å². The first kappa shape index (κ1) is 13.1. The highest BCUT2D eigenvalue weighted by molar-refractivity contribution is 5.97. The first-order valence-corrected chi connectivity index (χ1v) is 5.27. The molecule has 14 heavy (non-hydrogen) atoms. The van der Waals surface area contributed by atoms with Gasteiger partial charge in [-0.2, -0.15) is 0 Å². The van der Waals surface area contributed by atoms with Gasteiger partial charge in [-0.1, -0.05) is 26.2 Å². The molecule has 0 amide bonds. The van der Waals surface area contributed by atoms with Crippen LogP contribution in [0.5, 0.6) is 0 Å². The molecule has 0 saturated carbocycles. The molecule has 0 fully saturated rings. The van der Waals surface area contributed by atoms with Crippen LogP contribution in [-0.4, -0.2) is 25.3 Å². The SMILES string of the molecule is CCCCCC/N=C(/C)CC(=O)OC. The number of rotatable bonds is 7. The van der Waals surface area contributed by atoms with Crippen molar-refractivity contribution in [3.8, 4) is 0 Å². The van der Waals surface area contributed by atoms with E-state index in [1.54, 1.807) is 0 Å². The van der Waals surface area contributed by atoms with E-state index in [-0.39, 0.29) is 5.97 Å². The van der Waals surface area contributed by atoms with Crippen LogP contribution in [0.2, 0.25) is 0 Å². The van der Waals surface area contributed by atoms with Crippen LogP contribution in [0.25, 0.3) is 0 Å². The number of hydrogen-bond acceptors (Lipinski definition) is 3. The minimum absolute atomic E-state index is 0.209. The average molecular weight is 199 g/mol. The smallest absolute Gasteiger partial charge is 0.311 e. The van der Waals surface area contributed by atoms with E-state index in [9.17, 15) is 4.79 Å². The highest BCUT2D eigenvalue weighted by atomic mass is 16.5. The third-order valence-corrected chi connectivity index (χ3v) is 2.02. The van der Waals surface area contributed by atoms with Crippen LogP contribution in [0.1, 0.15) is 46.0 Å². The van der Waals surface area contributed by atoms with Gasteiger partial charge in [0, 0.05) is 12.3 Å². The van der Waals surface area contributed by atoms with Crippen molar-refractivity contribution in [1.82, 2.24) is 0 Å². The molecule has 3 heteroatoms. The summed E-state index contributed by atoms with van der Waals surface area (Å²) in [6.45, 7) is 4.89. The second kappa shape index (κ2) is 8.73. The Morgan fingerprint density at radius 2 is 2.00 bits per heavy atom. The Labute approximate surface area is 86.6 Å². The number of carbonyl (C=O) groups is 1. The first-order chi connectivity index (χ1) is 6.70. The summed E-state index contributed by atoms with van der Waals surface area (Å²) in [6, 6.07) is 0. The fraction of sp³-hybridized carbons (Fsp3) is 0.818. The van der Waals surface area contributed by atoms with Crippen LogP contribution in [0.3, 0.4) is 0 Å². The summed E-state index contributed by atoms with van der Waals surface area (Å²) in [4.78, 5) is 15.2. The topological polar surface area (TPSA) is 38.7 Å². The maximum atomic E-state index is 10.9. The summed E-state index contributed by atoms with van der Waals surface area (Å²) >= 11 is 0. The number of methoxy groups -OCH3 is 1. The van der Waals surface area contributed by atoms with Gasteiger partial charge < -0.3 is 4.74 Å². The number of esters is 1. The monoisotopic (exact) mass is 199 g/mol. The molecule has 82 valence electrons. The number of aliphatic imine (C=N–C) groups is 1. The minimum Gasteiger partial charge on any atom is -0.469 e. The molecule has 0 aliphatic carbocycles. The van der Waals surface area contributed by atoms with Gasteiger partial charge in [-0.3, -0.25) is 9.79 Å².